The number of hydrogen-bond donors (Lipinski definition) is 2. The van der Waals surface area contributed by atoms with E-state index in [1.807, 2.05) is 13.8 Å². The predicted octanol–water partition coefficient (Wildman–Crippen LogP) is 1.83. The minimum Gasteiger partial charge on any atom is -0.391 e. The molecule has 2 aliphatic rings. The maximum atomic E-state index is 10.4. The van der Waals surface area contributed by atoms with Crippen molar-refractivity contribution in [1.29, 1.82) is 0 Å². The highest BCUT2D eigenvalue weighted by Gasteiger charge is 2.50. The van der Waals surface area contributed by atoms with Gasteiger partial charge in [0, 0.05) is 24.9 Å². The molecule has 116 valence electrons. The number of ether oxygens (including phenoxy) is 2. The summed E-state index contributed by atoms with van der Waals surface area (Å²) in [4.78, 5) is 8.03. The first kappa shape index (κ1) is 15.0. The first-order chi connectivity index (χ1) is 9.96. The van der Waals surface area contributed by atoms with Gasteiger partial charge in [0.2, 0.25) is 0 Å². The number of fused-ring (bicyclic) bond motifs is 1. The second-order valence-electron chi connectivity index (χ2n) is 6.02. The Kier molecular flexibility index (Phi) is 4.05. The van der Waals surface area contributed by atoms with Gasteiger partial charge in [-0.2, -0.15) is 0 Å². The van der Waals surface area contributed by atoms with E-state index >= 15 is 0 Å². The van der Waals surface area contributed by atoms with Crippen LogP contribution in [0.5, 0.6) is 0 Å². The Hall–Kier alpha value is -0.950. The predicted molar refractivity (Wildman–Crippen MR) is 78.1 cm³/mol. The molecule has 2 heterocycles. The Balaban J connectivity index is 1.59. The number of nitrogens with zero attached hydrogens (tertiary/aromatic N) is 2. The molecule has 0 radical (unpaired) electrons. The van der Waals surface area contributed by atoms with E-state index in [1.54, 1.807) is 6.20 Å². The summed E-state index contributed by atoms with van der Waals surface area (Å²) in [6.07, 6.45) is 4.38. The highest BCUT2D eigenvalue weighted by Crippen LogP contribution is 2.42. The lowest BCUT2D eigenvalue weighted by Crippen LogP contribution is -2.36. The van der Waals surface area contributed by atoms with Crippen molar-refractivity contribution in [3.63, 3.8) is 0 Å². The third-order valence-corrected chi connectivity index (χ3v) is 4.33. The molecule has 1 aliphatic heterocycles. The number of rotatable bonds is 4. The van der Waals surface area contributed by atoms with Gasteiger partial charge in [0.25, 0.3) is 0 Å². The number of nitrogens with one attached hydrogen (secondary N) is 1. The average molecular weight is 314 g/mol. The van der Waals surface area contributed by atoms with Crippen LogP contribution in [0, 0.1) is 5.92 Å². The molecule has 0 spiro atoms. The van der Waals surface area contributed by atoms with Crippen LogP contribution in [0.15, 0.2) is 12.4 Å². The normalized spacial score (nSPS) is 31.9. The van der Waals surface area contributed by atoms with Gasteiger partial charge in [0.1, 0.15) is 0 Å². The molecule has 1 aliphatic carbocycles. The minimum atomic E-state index is -0.560. The van der Waals surface area contributed by atoms with E-state index in [9.17, 15) is 5.11 Å². The lowest BCUT2D eigenvalue weighted by atomic mass is 9.98. The molecule has 1 aromatic heterocycles. The van der Waals surface area contributed by atoms with Gasteiger partial charge >= 0.3 is 0 Å². The average Bonchev–Trinajstić information content (AvgIpc) is 2.92. The zero-order chi connectivity index (χ0) is 15.0. The van der Waals surface area contributed by atoms with Gasteiger partial charge in [-0.15, -0.1) is 0 Å². The van der Waals surface area contributed by atoms with Gasteiger partial charge in [-0.1, -0.05) is 11.6 Å². The maximum Gasteiger partial charge on any atom is 0.171 e. The van der Waals surface area contributed by atoms with Crippen LogP contribution in [0.3, 0.4) is 0 Å². The van der Waals surface area contributed by atoms with Crippen molar-refractivity contribution in [2.75, 3.05) is 11.9 Å². The van der Waals surface area contributed by atoms with Crippen LogP contribution < -0.4 is 5.32 Å². The molecule has 3 rings (SSSR count). The molecule has 4 atom stereocenters. The smallest absolute Gasteiger partial charge is 0.171 e. The van der Waals surface area contributed by atoms with Crippen molar-refractivity contribution in [3.05, 3.63) is 17.5 Å². The molecule has 0 aromatic carbocycles. The van der Waals surface area contributed by atoms with E-state index in [2.05, 4.69) is 15.3 Å². The third-order valence-electron chi connectivity index (χ3n) is 4.05. The first-order valence-corrected chi connectivity index (χ1v) is 7.58. The summed E-state index contributed by atoms with van der Waals surface area (Å²) >= 11 is 5.93. The van der Waals surface area contributed by atoms with Gasteiger partial charge < -0.3 is 19.9 Å². The van der Waals surface area contributed by atoms with Crippen LogP contribution in [0.2, 0.25) is 5.15 Å². The summed E-state index contributed by atoms with van der Waals surface area (Å²) in [5, 5.41) is 13.8. The summed E-state index contributed by atoms with van der Waals surface area (Å²) in [6, 6.07) is 0. The standard InChI is InChI=1S/C14H20ClN3O3/c1-14(2)20-10-4-3-8(11(10)21-14)9(19)7-18-13-12(15)16-5-6-17-13/h5-6,8-11,19H,3-4,7H2,1-2H3,(H,17,18)/t8-,9?,10?,11?/m0/s1. The molecule has 6 nitrogen and oxygen atoms in total. The largest absolute Gasteiger partial charge is 0.391 e. The summed E-state index contributed by atoms with van der Waals surface area (Å²) in [6.45, 7) is 4.18. The SMILES string of the molecule is CC1(C)OC2CC[C@@H](C(O)CNc3nccnc3Cl)C2O1. The fraction of sp³-hybridized carbons (Fsp3) is 0.714. The minimum absolute atomic E-state index is 0.0471. The number of aliphatic hydroxyl groups is 1. The molecular weight excluding hydrogens is 294 g/mol. The van der Waals surface area contributed by atoms with Crippen molar-refractivity contribution in [2.24, 2.45) is 5.92 Å². The van der Waals surface area contributed by atoms with Crippen molar-refractivity contribution in [2.45, 2.75) is 50.8 Å². The lowest BCUT2D eigenvalue weighted by molar-refractivity contribution is -0.160. The van der Waals surface area contributed by atoms with E-state index in [-0.39, 0.29) is 18.1 Å². The van der Waals surface area contributed by atoms with Crippen molar-refractivity contribution >= 4 is 17.4 Å². The summed E-state index contributed by atoms with van der Waals surface area (Å²) in [5.41, 5.74) is 0. The Morgan fingerprint density at radius 2 is 2.14 bits per heavy atom. The maximum absolute atomic E-state index is 10.4. The molecule has 0 bridgehead atoms. The third kappa shape index (κ3) is 3.13. The Labute approximate surface area is 128 Å². The monoisotopic (exact) mass is 313 g/mol. The summed E-state index contributed by atoms with van der Waals surface area (Å²) < 4.78 is 11.8. The fourth-order valence-electron chi connectivity index (χ4n) is 3.17. The van der Waals surface area contributed by atoms with Gasteiger partial charge in [-0.3, -0.25) is 0 Å². The van der Waals surface area contributed by atoms with Crippen LogP contribution in [0.25, 0.3) is 0 Å². The quantitative estimate of drug-likeness (QED) is 0.883. The Morgan fingerprint density at radius 1 is 1.38 bits per heavy atom. The molecule has 2 fully saturated rings. The van der Waals surface area contributed by atoms with Crippen molar-refractivity contribution < 1.29 is 14.6 Å². The van der Waals surface area contributed by atoms with E-state index in [0.717, 1.165) is 12.8 Å². The number of aromatic nitrogens is 2. The molecular formula is C14H20ClN3O3. The van der Waals surface area contributed by atoms with E-state index < -0.39 is 11.9 Å². The van der Waals surface area contributed by atoms with Crippen LogP contribution in [0.1, 0.15) is 26.7 Å². The fourth-order valence-corrected chi connectivity index (χ4v) is 3.35. The second-order valence-corrected chi connectivity index (χ2v) is 6.38. The van der Waals surface area contributed by atoms with E-state index in [1.165, 1.54) is 6.20 Å². The Bertz CT molecular complexity index is 514. The van der Waals surface area contributed by atoms with Gasteiger partial charge in [0.15, 0.2) is 16.8 Å². The zero-order valence-corrected chi connectivity index (χ0v) is 12.9. The summed E-state index contributed by atoms with van der Waals surface area (Å²) in [7, 11) is 0. The molecule has 3 unspecified atom stereocenters. The van der Waals surface area contributed by atoms with Gasteiger partial charge in [-0.05, 0) is 26.7 Å². The lowest BCUT2D eigenvalue weighted by Gasteiger charge is -2.25. The Morgan fingerprint density at radius 3 is 2.90 bits per heavy atom. The second kappa shape index (κ2) is 5.68. The number of halogens is 1. The van der Waals surface area contributed by atoms with Crippen LogP contribution in [-0.4, -0.2) is 45.7 Å². The molecule has 21 heavy (non-hydrogen) atoms. The number of hydrogen-bond acceptors (Lipinski definition) is 6. The zero-order valence-electron chi connectivity index (χ0n) is 12.1. The van der Waals surface area contributed by atoms with Crippen LogP contribution >= 0.6 is 11.6 Å². The van der Waals surface area contributed by atoms with Gasteiger partial charge in [0.05, 0.1) is 18.3 Å². The summed E-state index contributed by atoms with van der Waals surface area (Å²) in [5.74, 6) is -0.0218. The van der Waals surface area contributed by atoms with Crippen LogP contribution in [-0.2, 0) is 9.47 Å². The first-order valence-electron chi connectivity index (χ1n) is 7.20. The van der Waals surface area contributed by atoms with E-state index in [0.29, 0.717) is 17.5 Å². The molecule has 0 amide bonds. The van der Waals surface area contributed by atoms with E-state index in [4.69, 9.17) is 21.1 Å². The molecule has 1 saturated heterocycles. The number of anilines is 1. The van der Waals surface area contributed by atoms with Crippen LogP contribution in [0.4, 0.5) is 5.82 Å². The molecule has 2 N–H and O–H groups in total. The highest BCUT2D eigenvalue weighted by molar-refractivity contribution is 6.31. The number of aliphatic hydroxyl groups excluding tert-OH is 1. The molecule has 7 heteroatoms. The van der Waals surface area contributed by atoms with Crippen molar-refractivity contribution in [3.8, 4) is 0 Å². The molecule has 1 saturated carbocycles. The van der Waals surface area contributed by atoms with Gasteiger partial charge in [-0.25, -0.2) is 9.97 Å². The van der Waals surface area contributed by atoms with Crippen molar-refractivity contribution in [1.82, 2.24) is 9.97 Å². The molecule has 1 aromatic rings. The topological polar surface area (TPSA) is 76.5 Å². The highest BCUT2D eigenvalue weighted by atomic mass is 35.5.